The van der Waals surface area contributed by atoms with E-state index in [2.05, 4.69) is 32.1 Å². The lowest BCUT2D eigenvalue weighted by atomic mass is 9.46. The summed E-state index contributed by atoms with van der Waals surface area (Å²) >= 11 is 0. The minimum atomic E-state index is -1.10. The van der Waals surface area contributed by atoms with Crippen molar-refractivity contribution in [3.8, 4) is 0 Å². The number of halogens is 1. The van der Waals surface area contributed by atoms with Gasteiger partial charge in [0.15, 0.2) is 6.17 Å². The standard InChI is InChI=1S/C22H29FO3/c1-20-7-4-3-5-15(20)11-14(13-24)19-16(20)6-8-21(2)17(19)12-18(23)22(21)25-9-10-26-22/h3,5,11,13-14,16-19H,4,6-10,12H2,1-2H3/t14?,16-,17-,18+,19+,20-,21-/m0/s1. The van der Waals surface area contributed by atoms with Gasteiger partial charge in [-0.2, -0.15) is 0 Å². The molecule has 0 aromatic rings. The molecular weight excluding hydrogens is 331 g/mol. The maximum absolute atomic E-state index is 15.3. The Morgan fingerprint density at radius 3 is 2.69 bits per heavy atom. The fourth-order valence-electron chi connectivity index (χ4n) is 7.36. The predicted octanol–water partition coefficient (Wildman–Crippen LogP) is 4.23. The molecule has 4 heteroatoms. The largest absolute Gasteiger partial charge is 0.344 e. The first-order valence-corrected chi connectivity index (χ1v) is 10.2. The third kappa shape index (κ3) is 1.88. The molecule has 3 fully saturated rings. The summed E-state index contributed by atoms with van der Waals surface area (Å²) < 4.78 is 27.2. The van der Waals surface area contributed by atoms with Crippen LogP contribution in [0.15, 0.2) is 23.8 Å². The number of allylic oxidation sites excluding steroid dienone is 4. The fraction of sp³-hybridized carbons (Fsp3) is 0.773. The molecule has 5 rings (SSSR count). The molecule has 1 saturated heterocycles. The van der Waals surface area contributed by atoms with Gasteiger partial charge < -0.3 is 14.3 Å². The highest BCUT2D eigenvalue weighted by Gasteiger charge is 2.71. The first kappa shape index (κ1) is 17.1. The lowest BCUT2D eigenvalue weighted by Crippen LogP contribution is -2.57. The van der Waals surface area contributed by atoms with Crippen molar-refractivity contribution in [2.24, 2.45) is 34.5 Å². The fourth-order valence-corrected chi connectivity index (χ4v) is 7.36. The Balaban J connectivity index is 1.61. The lowest BCUT2D eigenvalue weighted by molar-refractivity contribution is -0.263. The summed E-state index contributed by atoms with van der Waals surface area (Å²) in [7, 11) is 0. The number of aldehydes is 1. The van der Waals surface area contributed by atoms with Gasteiger partial charge in [-0.1, -0.05) is 32.1 Å². The van der Waals surface area contributed by atoms with Gasteiger partial charge in [0, 0.05) is 11.3 Å². The van der Waals surface area contributed by atoms with Gasteiger partial charge in [0.1, 0.15) is 6.29 Å². The molecule has 7 atom stereocenters. The maximum Gasteiger partial charge on any atom is 0.205 e. The first-order chi connectivity index (χ1) is 12.5. The van der Waals surface area contributed by atoms with Crippen molar-refractivity contribution in [2.75, 3.05) is 13.2 Å². The molecule has 0 amide bonds. The van der Waals surface area contributed by atoms with E-state index in [9.17, 15) is 4.79 Å². The number of rotatable bonds is 1. The van der Waals surface area contributed by atoms with Gasteiger partial charge in [0.2, 0.25) is 5.79 Å². The Bertz CT molecular complexity index is 679. The van der Waals surface area contributed by atoms with Crippen LogP contribution in [0, 0.1) is 34.5 Å². The Kier molecular flexibility index (Phi) is 3.63. The molecule has 2 saturated carbocycles. The molecule has 1 spiro atoms. The summed E-state index contributed by atoms with van der Waals surface area (Å²) in [4.78, 5) is 12.1. The van der Waals surface area contributed by atoms with Crippen LogP contribution in [0.2, 0.25) is 0 Å². The number of carbonyl (C=O) groups is 1. The van der Waals surface area contributed by atoms with Gasteiger partial charge in [0.25, 0.3) is 0 Å². The monoisotopic (exact) mass is 360 g/mol. The van der Waals surface area contributed by atoms with Crippen LogP contribution >= 0.6 is 0 Å². The van der Waals surface area contributed by atoms with Gasteiger partial charge in [-0.3, -0.25) is 0 Å². The molecule has 0 bridgehead atoms. The molecule has 0 radical (unpaired) electrons. The van der Waals surface area contributed by atoms with Crippen LogP contribution in [-0.4, -0.2) is 31.5 Å². The van der Waals surface area contributed by atoms with Gasteiger partial charge in [-0.25, -0.2) is 4.39 Å². The van der Waals surface area contributed by atoms with Crippen LogP contribution in [0.3, 0.4) is 0 Å². The number of hydrogen-bond donors (Lipinski definition) is 0. The summed E-state index contributed by atoms with van der Waals surface area (Å²) in [6.45, 7) is 5.47. The second-order valence-corrected chi connectivity index (χ2v) is 9.51. The second kappa shape index (κ2) is 5.51. The van der Waals surface area contributed by atoms with E-state index in [1.54, 1.807) is 0 Å². The summed E-state index contributed by atoms with van der Waals surface area (Å²) in [6.07, 6.45) is 11.2. The molecule has 142 valence electrons. The van der Waals surface area contributed by atoms with Crippen molar-refractivity contribution < 1.29 is 18.7 Å². The van der Waals surface area contributed by atoms with Crippen LogP contribution < -0.4 is 0 Å². The van der Waals surface area contributed by atoms with Crippen molar-refractivity contribution in [2.45, 2.75) is 57.9 Å². The average molecular weight is 360 g/mol. The van der Waals surface area contributed by atoms with E-state index in [0.29, 0.717) is 25.6 Å². The molecular formula is C22H29FO3. The van der Waals surface area contributed by atoms with Crippen molar-refractivity contribution in [3.05, 3.63) is 23.8 Å². The van der Waals surface area contributed by atoms with Crippen LogP contribution in [0.25, 0.3) is 0 Å². The van der Waals surface area contributed by atoms with Gasteiger partial charge in [-0.05, 0) is 60.8 Å². The average Bonchev–Trinajstić information content (AvgIpc) is 3.21. The van der Waals surface area contributed by atoms with E-state index in [0.717, 1.165) is 32.0 Å². The smallest absolute Gasteiger partial charge is 0.205 e. The van der Waals surface area contributed by atoms with Crippen molar-refractivity contribution in [1.29, 1.82) is 0 Å². The minimum absolute atomic E-state index is 0.110. The summed E-state index contributed by atoms with van der Waals surface area (Å²) in [5.41, 5.74) is 1.08. The van der Waals surface area contributed by atoms with Crippen LogP contribution in [-0.2, 0) is 14.3 Å². The van der Waals surface area contributed by atoms with Gasteiger partial charge in [0.05, 0.1) is 13.2 Å². The zero-order valence-electron chi connectivity index (χ0n) is 15.7. The Morgan fingerprint density at radius 1 is 1.19 bits per heavy atom. The second-order valence-electron chi connectivity index (χ2n) is 9.51. The first-order valence-electron chi connectivity index (χ1n) is 10.2. The molecule has 4 aliphatic carbocycles. The van der Waals surface area contributed by atoms with Crippen molar-refractivity contribution >= 4 is 6.29 Å². The maximum atomic E-state index is 15.3. The lowest BCUT2D eigenvalue weighted by Gasteiger charge is -2.58. The van der Waals surface area contributed by atoms with E-state index in [-0.39, 0.29) is 28.6 Å². The third-order valence-corrected chi connectivity index (χ3v) is 8.69. The molecule has 0 N–H and O–H groups in total. The highest BCUT2D eigenvalue weighted by molar-refractivity contribution is 5.60. The van der Waals surface area contributed by atoms with E-state index in [1.807, 2.05) is 0 Å². The number of alkyl halides is 1. The van der Waals surface area contributed by atoms with Gasteiger partial charge in [-0.15, -0.1) is 0 Å². The molecule has 1 heterocycles. The molecule has 0 aromatic heterocycles. The SMILES string of the molecule is C[C@]12CCC=CC1=CC(C=O)[C@@H]1[C@@H]2CC[C@@]2(C)[C@H]1C[C@@H](F)C21OCCO1. The van der Waals surface area contributed by atoms with E-state index in [4.69, 9.17) is 9.47 Å². The van der Waals surface area contributed by atoms with Crippen LogP contribution in [0.5, 0.6) is 0 Å². The Labute approximate surface area is 155 Å². The number of ether oxygens (including phenoxy) is 2. The van der Waals surface area contributed by atoms with E-state index >= 15 is 4.39 Å². The third-order valence-electron chi connectivity index (χ3n) is 8.69. The molecule has 3 nitrogen and oxygen atoms in total. The Morgan fingerprint density at radius 2 is 1.96 bits per heavy atom. The molecule has 1 aliphatic heterocycles. The highest BCUT2D eigenvalue weighted by atomic mass is 19.1. The molecule has 1 unspecified atom stereocenters. The van der Waals surface area contributed by atoms with E-state index in [1.165, 1.54) is 5.57 Å². The summed E-state index contributed by atoms with van der Waals surface area (Å²) in [5, 5.41) is 0. The Hall–Kier alpha value is -1.00. The quantitative estimate of drug-likeness (QED) is 0.657. The molecule has 5 aliphatic rings. The van der Waals surface area contributed by atoms with Crippen molar-refractivity contribution in [3.63, 3.8) is 0 Å². The normalized spacial score (nSPS) is 51.5. The zero-order valence-corrected chi connectivity index (χ0v) is 15.7. The molecule has 26 heavy (non-hydrogen) atoms. The van der Waals surface area contributed by atoms with E-state index < -0.39 is 12.0 Å². The predicted molar refractivity (Wildman–Crippen MR) is 96.1 cm³/mol. The summed E-state index contributed by atoms with van der Waals surface area (Å²) in [5.74, 6) is -0.460. The number of hydrogen-bond acceptors (Lipinski definition) is 3. The summed E-state index contributed by atoms with van der Waals surface area (Å²) in [6, 6.07) is 0. The molecule has 0 aromatic carbocycles. The van der Waals surface area contributed by atoms with Crippen LogP contribution in [0.1, 0.15) is 46.0 Å². The van der Waals surface area contributed by atoms with Crippen molar-refractivity contribution in [1.82, 2.24) is 0 Å². The number of fused-ring (bicyclic) bond motifs is 6. The zero-order chi connectivity index (χ0) is 18.2. The number of carbonyl (C=O) groups excluding carboxylic acids is 1. The minimum Gasteiger partial charge on any atom is -0.344 e. The topological polar surface area (TPSA) is 35.5 Å². The van der Waals surface area contributed by atoms with Crippen LogP contribution in [0.4, 0.5) is 4.39 Å². The van der Waals surface area contributed by atoms with Gasteiger partial charge >= 0.3 is 0 Å². The highest BCUT2D eigenvalue weighted by Crippen LogP contribution is 2.69.